The van der Waals surface area contributed by atoms with Gasteiger partial charge in [0.1, 0.15) is 10.2 Å². The Labute approximate surface area is 152 Å². The van der Waals surface area contributed by atoms with Gasteiger partial charge in [-0.3, -0.25) is 9.69 Å². The molecule has 0 aliphatic carbocycles. The molecule has 1 aromatic heterocycles. The molecule has 1 amide bonds. The fraction of sp³-hybridized carbons (Fsp3) is 0.467. The Morgan fingerprint density at radius 3 is 2.84 bits per heavy atom. The van der Waals surface area contributed by atoms with E-state index >= 15 is 0 Å². The van der Waals surface area contributed by atoms with Crippen LogP contribution in [0, 0.1) is 5.92 Å². The molecule has 3 rings (SSSR count). The van der Waals surface area contributed by atoms with E-state index in [9.17, 15) is 19.8 Å². The van der Waals surface area contributed by atoms with Gasteiger partial charge in [-0.2, -0.15) is 0 Å². The van der Waals surface area contributed by atoms with Gasteiger partial charge in [0.15, 0.2) is 5.70 Å². The van der Waals surface area contributed by atoms with Gasteiger partial charge in [-0.1, -0.05) is 34.8 Å². The molecule has 0 aromatic carbocycles. The SMILES string of the molecule is C=CC[C@]12SC(SC(C)n3ccnn3)=C(C(=O)O)N1C(=O)[C@@H]2C(C)O. The maximum absolute atomic E-state index is 12.5. The van der Waals surface area contributed by atoms with E-state index in [1.807, 2.05) is 6.92 Å². The lowest BCUT2D eigenvalue weighted by Crippen LogP contribution is -2.69. The van der Waals surface area contributed by atoms with Crippen LogP contribution in [-0.2, 0) is 9.59 Å². The average molecular weight is 382 g/mol. The molecule has 0 saturated carbocycles. The highest BCUT2D eigenvalue weighted by atomic mass is 32.2. The number of nitrogens with zero attached hydrogens (tertiary/aromatic N) is 4. The lowest BCUT2D eigenvalue weighted by Gasteiger charge is -2.54. The molecule has 2 N–H and O–H groups in total. The molecule has 8 nitrogen and oxygen atoms in total. The Morgan fingerprint density at radius 2 is 2.32 bits per heavy atom. The van der Waals surface area contributed by atoms with Gasteiger partial charge in [0.2, 0.25) is 5.91 Å². The number of rotatable bonds is 7. The van der Waals surface area contributed by atoms with Gasteiger partial charge in [0.05, 0.1) is 22.5 Å². The van der Waals surface area contributed by atoms with Gasteiger partial charge in [0.25, 0.3) is 0 Å². The third-order valence-electron chi connectivity index (χ3n) is 4.25. The van der Waals surface area contributed by atoms with Crippen molar-refractivity contribution in [3.05, 3.63) is 35.0 Å². The fourth-order valence-electron chi connectivity index (χ4n) is 3.23. The molecular formula is C15H18N4O4S2. The first-order chi connectivity index (χ1) is 11.8. The summed E-state index contributed by atoms with van der Waals surface area (Å²) in [6.45, 7) is 7.15. The molecule has 2 unspecified atom stereocenters. The highest BCUT2D eigenvalue weighted by molar-refractivity contribution is 8.23. The molecular weight excluding hydrogens is 364 g/mol. The smallest absolute Gasteiger partial charge is 0.354 e. The molecule has 4 atom stereocenters. The predicted octanol–water partition coefficient (Wildman–Crippen LogP) is 1.64. The van der Waals surface area contributed by atoms with Crippen molar-refractivity contribution in [1.29, 1.82) is 0 Å². The summed E-state index contributed by atoms with van der Waals surface area (Å²) in [5, 5.41) is 27.2. The highest BCUT2D eigenvalue weighted by Crippen LogP contribution is 2.63. The second-order valence-electron chi connectivity index (χ2n) is 5.87. The van der Waals surface area contributed by atoms with Crippen molar-refractivity contribution >= 4 is 35.4 Å². The number of hydrogen-bond donors (Lipinski definition) is 2. The van der Waals surface area contributed by atoms with Crippen LogP contribution in [0.4, 0.5) is 0 Å². The minimum absolute atomic E-state index is 0.0364. The number of fused-ring (bicyclic) bond motifs is 1. The molecule has 1 aromatic rings. The van der Waals surface area contributed by atoms with Crippen LogP contribution in [0.1, 0.15) is 25.6 Å². The van der Waals surface area contributed by atoms with Gasteiger partial charge in [0, 0.05) is 6.20 Å². The zero-order valence-electron chi connectivity index (χ0n) is 13.7. The first-order valence-corrected chi connectivity index (χ1v) is 9.35. The molecule has 1 fully saturated rings. The first kappa shape index (κ1) is 18.0. The zero-order chi connectivity index (χ0) is 18.4. The van der Waals surface area contributed by atoms with Crippen molar-refractivity contribution in [1.82, 2.24) is 19.9 Å². The second kappa shape index (κ2) is 6.50. The predicted molar refractivity (Wildman–Crippen MR) is 94.1 cm³/mol. The molecule has 134 valence electrons. The number of aliphatic hydroxyl groups excluding tert-OH is 1. The summed E-state index contributed by atoms with van der Waals surface area (Å²) in [5.74, 6) is -2.19. The largest absolute Gasteiger partial charge is 0.477 e. The number of β-lactam (4-membered cyclic amide) rings is 1. The summed E-state index contributed by atoms with van der Waals surface area (Å²) in [7, 11) is 0. The average Bonchev–Trinajstić information content (AvgIpc) is 3.12. The number of carbonyl (C=O) groups excluding carboxylic acids is 1. The van der Waals surface area contributed by atoms with Crippen LogP contribution in [0.3, 0.4) is 0 Å². The number of thioether (sulfide) groups is 2. The van der Waals surface area contributed by atoms with Crippen LogP contribution in [-0.4, -0.2) is 53.0 Å². The molecule has 2 aliphatic rings. The van der Waals surface area contributed by atoms with Crippen LogP contribution in [0.15, 0.2) is 35.0 Å². The number of hydrogen-bond acceptors (Lipinski definition) is 7. The fourth-order valence-corrected chi connectivity index (χ4v) is 6.59. The number of aromatic nitrogens is 3. The van der Waals surface area contributed by atoms with E-state index in [0.717, 1.165) is 0 Å². The van der Waals surface area contributed by atoms with E-state index in [-0.39, 0.29) is 17.0 Å². The van der Waals surface area contributed by atoms with Crippen molar-refractivity contribution in [2.24, 2.45) is 5.92 Å². The van der Waals surface area contributed by atoms with Gasteiger partial charge < -0.3 is 10.2 Å². The number of aliphatic hydroxyl groups is 1. The number of carboxylic acids is 1. The number of carbonyl (C=O) groups is 2. The minimum Gasteiger partial charge on any atom is -0.477 e. The molecule has 0 spiro atoms. The van der Waals surface area contributed by atoms with E-state index in [0.29, 0.717) is 10.7 Å². The molecule has 0 radical (unpaired) electrons. The summed E-state index contributed by atoms with van der Waals surface area (Å²) in [4.78, 5) is 24.8. The van der Waals surface area contributed by atoms with E-state index in [2.05, 4.69) is 16.9 Å². The number of amides is 1. The molecule has 3 heterocycles. The van der Waals surface area contributed by atoms with Crippen LogP contribution in [0.25, 0.3) is 0 Å². The van der Waals surface area contributed by atoms with Gasteiger partial charge in [-0.05, 0) is 20.3 Å². The highest BCUT2D eigenvalue weighted by Gasteiger charge is 2.68. The van der Waals surface area contributed by atoms with Crippen molar-refractivity contribution in [3.63, 3.8) is 0 Å². The quantitative estimate of drug-likeness (QED) is 0.541. The van der Waals surface area contributed by atoms with Crippen LogP contribution in [0.5, 0.6) is 0 Å². The van der Waals surface area contributed by atoms with Crippen LogP contribution in [0.2, 0.25) is 0 Å². The monoisotopic (exact) mass is 382 g/mol. The topological polar surface area (TPSA) is 109 Å². The molecule has 2 aliphatic heterocycles. The first-order valence-electron chi connectivity index (χ1n) is 7.65. The maximum Gasteiger partial charge on any atom is 0.354 e. The second-order valence-corrected chi connectivity index (χ2v) is 8.78. The lowest BCUT2D eigenvalue weighted by molar-refractivity contribution is -0.166. The molecule has 25 heavy (non-hydrogen) atoms. The van der Waals surface area contributed by atoms with E-state index in [1.54, 1.807) is 30.1 Å². The van der Waals surface area contributed by atoms with Crippen molar-refractivity contribution < 1.29 is 19.8 Å². The Balaban J connectivity index is 1.96. The summed E-state index contributed by atoms with van der Waals surface area (Å²) >= 11 is 2.61. The van der Waals surface area contributed by atoms with Gasteiger partial charge in [-0.15, -0.1) is 11.7 Å². The van der Waals surface area contributed by atoms with E-state index in [1.165, 1.54) is 28.4 Å². The van der Waals surface area contributed by atoms with E-state index < -0.39 is 22.9 Å². The normalized spacial score (nSPS) is 27.7. The van der Waals surface area contributed by atoms with E-state index in [4.69, 9.17) is 0 Å². The summed E-state index contributed by atoms with van der Waals surface area (Å²) in [5.41, 5.74) is -0.0364. The van der Waals surface area contributed by atoms with Gasteiger partial charge >= 0.3 is 5.97 Å². The number of carboxylic acid groups (broad SMARTS) is 1. The third-order valence-corrected chi connectivity index (χ3v) is 7.09. The third kappa shape index (κ3) is 2.68. The summed E-state index contributed by atoms with van der Waals surface area (Å²) < 4.78 is 2.13. The Bertz CT molecular complexity index is 749. The standard InChI is InChI=1S/C15H18N4O4S2/c1-4-5-15-10(8(2)20)12(21)19(15)11(13(22)23)14(25-15)24-9(3)18-7-6-16-17-18/h4,6-10,20H,1,5H2,2-3H3,(H,22,23)/t8?,9?,10-,15+/m0/s1. The Hall–Kier alpha value is -1.78. The minimum atomic E-state index is -1.16. The molecule has 10 heteroatoms. The van der Waals surface area contributed by atoms with Crippen molar-refractivity contribution in [2.75, 3.05) is 0 Å². The maximum atomic E-state index is 12.5. The Kier molecular flexibility index (Phi) is 4.69. The van der Waals surface area contributed by atoms with Crippen molar-refractivity contribution in [2.45, 2.75) is 36.6 Å². The van der Waals surface area contributed by atoms with Crippen LogP contribution < -0.4 is 0 Å². The number of aliphatic carboxylic acids is 1. The Morgan fingerprint density at radius 1 is 1.60 bits per heavy atom. The molecule has 1 saturated heterocycles. The van der Waals surface area contributed by atoms with Crippen molar-refractivity contribution in [3.8, 4) is 0 Å². The zero-order valence-corrected chi connectivity index (χ0v) is 15.3. The molecule has 0 bridgehead atoms. The summed E-state index contributed by atoms with van der Waals surface area (Å²) in [6.07, 6.45) is 4.40. The lowest BCUT2D eigenvalue weighted by atomic mass is 9.80. The van der Waals surface area contributed by atoms with Crippen LogP contribution >= 0.6 is 23.5 Å². The summed E-state index contributed by atoms with van der Waals surface area (Å²) in [6, 6.07) is 0. The van der Waals surface area contributed by atoms with Gasteiger partial charge in [-0.25, -0.2) is 9.48 Å².